The molecular formula is C10H5O8Si. The minimum absolute atomic E-state index is 0.340. The van der Waals surface area contributed by atoms with E-state index in [4.69, 9.17) is 20.4 Å². The van der Waals surface area contributed by atoms with Gasteiger partial charge in [0.2, 0.25) is 0 Å². The van der Waals surface area contributed by atoms with Crippen molar-refractivity contribution in [3.05, 3.63) is 28.3 Å². The van der Waals surface area contributed by atoms with Gasteiger partial charge in [-0.2, -0.15) is 0 Å². The lowest BCUT2D eigenvalue weighted by Gasteiger charge is -2.11. The lowest BCUT2D eigenvalue weighted by atomic mass is 9.95. The normalized spacial score (nSPS) is 9.95. The number of carboxylic acids is 4. The first-order valence-corrected chi connectivity index (χ1v) is 5.04. The molecule has 1 aromatic rings. The Morgan fingerprint density at radius 1 is 0.737 bits per heavy atom. The maximum atomic E-state index is 11.0. The van der Waals surface area contributed by atoms with Crippen LogP contribution in [0.5, 0.6) is 0 Å². The molecule has 0 heterocycles. The van der Waals surface area contributed by atoms with Crippen molar-refractivity contribution in [2.45, 2.75) is 0 Å². The van der Waals surface area contributed by atoms with Gasteiger partial charge in [0, 0.05) is 0 Å². The molecular weight excluding hydrogens is 276 g/mol. The van der Waals surface area contributed by atoms with Crippen LogP contribution in [0.15, 0.2) is 6.07 Å². The molecule has 8 nitrogen and oxygen atoms in total. The fourth-order valence-electron chi connectivity index (χ4n) is 1.51. The maximum Gasteiger partial charge on any atom is 0.337 e. The van der Waals surface area contributed by atoms with Gasteiger partial charge in [-0.15, -0.1) is 0 Å². The van der Waals surface area contributed by atoms with Crippen LogP contribution in [-0.2, 0) is 0 Å². The summed E-state index contributed by atoms with van der Waals surface area (Å²) < 4.78 is 0. The van der Waals surface area contributed by atoms with E-state index in [0.29, 0.717) is 0 Å². The van der Waals surface area contributed by atoms with Crippen molar-refractivity contribution >= 4 is 39.3 Å². The van der Waals surface area contributed by atoms with Gasteiger partial charge in [-0.1, -0.05) is 5.19 Å². The molecule has 1 aromatic carbocycles. The largest absolute Gasteiger partial charge is 0.478 e. The van der Waals surface area contributed by atoms with E-state index >= 15 is 0 Å². The Hall–Kier alpha value is -2.68. The molecule has 0 amide bonds. The standard InChI is InChI=1S/C10H5O8Si/c11-7(12)2-1-3(19)5(9(15)16)6(10(17)18)4(2)8(13)14/h1H,(H,11,12)(H,13,14)(H,15,16)(H,17,18). The molecule has 97 valence electrons. The third-order valence-corrected chi connectivity index (χ3v) is 2.59. The Balaban J connectivity index is 3.98. The van der Waals surface area contributed by atoms with E-state index in [1.54, 1.807) is 0 Å². The summed E-state index contributed by atoms with van der Waals surface area (Å²) in [4.78, 5) is 43.9. The molecule has 1 rings (SSSR count). The molecule has 19 heavy (non-hydrogen) atoms. The third kappa shape index (κ3) is 2.45. The van der Waals surface area contributed by atoms with Crippen molar-refractivity contribution in [3.8, 4) is 0 Å². The van der Waals surface area contributed by atoms with E-state index in [-0.39, 0.29) is 5.19 Å². The van der Waals surface area contributed by atoms with E-state index in [1.807, 2.05) is 0 Å². The molecule has 0 spiro atoms. The highest BCUT2D eigenvalue weighted by Crippen LogP contribution is 2.19. The van der Waals surface area contributed by atoms with Crippen molar-refractivity contribution in [1.29, 1.82) is 0 Å². The van der Waals surface area contributed by atoms with Gasteiger partial charge in [-0.05, 0) is 6.07 Å². The van der Waals surface area contributed by atoms with Crippen LogP contribution in [0.25, 0.3) is 0 Å². The predicted molar refractivity (Wildman–Crippen MR) is 59.7 cm³/mol. The van der Waals surface area contributed by atoms with E-state index in [2.05, 4.69) is 10.2 Å². The van der Waals surface area contributed by atoms with E-state index < -0.39 is 46.1 Å². The van der Waals surface area contributed by atoms with E-state index in [0.717, 1.165) is 6.07 Å². The summed E-state index contributed by atoms with van der Waals surface area (Å²) in [7, 11) is 2.77. The van der Waals surface area contributed by atoms with E-state index in [9.17, 15) is 19.2 Å². The third-order valence-electron chi connectivity index (χ3n) is 2.20. The van der Waals surface area contributed by atoms with Crippen molar-refractivity contribution in [1.82, 2.24) is 0 Å². The fraction of sp³-hybridized carbons (Fsp3) is 0. The van der Waals surface area contributed by atoms with Crippen LogP contribution in [0.2, 0.25) is 0 Å². The van der Waals surface area contributed by atoms with Crippen molar-refractivity contribution < 1.29 is 39.6 Å². The molecule has 0 bridgehead atoms. The highest BCUT2D eigenvalue weighted by atomic mass is 28.1. The number of rotatable bonds is 4. The molecule has 0 aliphatic carbocycles. The van der Waals surface area contributed by atoms with Crippen LogP contribution in [-0.4, -0.2) is 54.5 Å². The SMILES string of the molecule is O=C(O)c1cc([Si])c(C(=O)O)c(C(=O)O)c1C(=O)O. The molecule has 0 atom stereocenters. The van der Waals surface area contributed by atoms with Crippen LogP contribution < -0.4 is 5.19 Å². The van der Waals surface area contributed by atoms with Gasteiger partial charge >= 0.3 is 23.9 Å². The first-order chi connectivity index (χ1) is 8.68. The van der Waals surface area contributed by atoms with Crippen LogP contribution in [0.1, 0.15) is 41.4 Å². The molecule has 0 saturated carbocycles. The highest BCUT2D eigenvalue weighted by Gasteiger charge is 2.31. The average molecular weight is 281 g/mol. The average Bonchev–Trinajstić information content (AvgIpc) is 2.25. The summed E-state index contributed by atoms with van der Waals surface area (Å²) in [6.45, 7) is 0. The topological polar surface area (TPSA) is 149 Å². The van der Waals surface area contributed by atoms with Crippen LogP contribution >= 0.6 is 0 Å². The zero-order valence-electron chi connectivity index (χ0n) is 9.00. The van der Waals surface area contributed by atoms with Gasteiger partial charge in [0.1, 0.15) is 0 Å². The second-order valence-electron chi connectivity index (χ2n) is 3.32. The Morgan fingerprint density at radius 3 is 1.47 bits per heavy atom. The predicted octanol–water partition coefficient (Wildman–Crippen LogP) is -0.727. The van der Waals surface area contributed by atoms with Crippen molar-refractivity contribution in [3.63, 3.8) is 0 Å². The molecule has 9 heteroatoms. The first kappa shape index (κ1) is 14.4. The molecule has 4 N–H and O–H groups in total. The van der Waals surface area contributed by atoms with Gasteiger partial charge in [0.05, 0.1) is 32.5 Å². The molecule has 0 aromatic heterocycles. The summed E-state index contributed by atoms with van der Waals surface area (Å²) in [6.07, 6.45) is 0. The Kier molecular flexibility index (Phi) is 3.71. The molecule has 0 fully saturated rings. The van der Waals surface area contributed by atoms with Crippen LogP contribution in [0.3, 0.4) is 0 Å². The smallest absolute Gasteiger partial charge is 0.337 e. The summed E-state index contributed by atoms with van der Waals surface area (Å²) in [5.41, 5.74) is -3.82. The summed E-state index contributed by atoms with van der Waals surface area (Å²) in [5.74, 6) is -7.07. The van der Waals surface area contributed by atoms with E-state index in [1.165, 1.54) is 0 Å². The Morgan fingerprint density at radius 2 is 1.16 bits per heavy atom. The zero-order valence-corrected chi connectivity index (χ0v) is 10.00. The molecule has 0 saturated heterocycles. The maximum absolute atomic E-state index is 11.0. The van der Waals surface area contributed by atoms with Crippen LogP contribution in [0.4, 0.5) is 0 Å². The summed E-state index contributed by atoms with van der Waals surface area (Å²) >= 11 is 0. The second kappa shape index (κ2) is 4.90. The molecule has 0 aliphatic heterocycles. The number of carboxylic acid groups (broad SMARTS) is 4. The number of aromatic carboxylic acids is 4. The number of hydrogen-bond acceptors (Lipinski definition) is 4. The summed E-state index contributed by atoms with van der Waals surface area (Å²) in [5, 5.41) is 35.2. The molecule has 0 unspecified atom stereocenters. The highest BCUT2D eigenvalue weighted by molar-refractivity contribution is 6.38. The Bertz CT molecular complexity index is 618. The summed E-state index contributed by atoms with van der Waals surface area (Å²) in [6, 6.07) is 0.735. The minimum atomic E-state index is -1.85. The van der Waals surface area contributed by atoms with Gasteiger partial charge in [0.15, 0.2) is 0 Å². The zero-order chi connectivity index (χ0) is 14.9. The van der Waals surface area contributed by atoms with Gasteiger partial charge < -0.3 is 20.4 Å². The molecule has 0 aliphatic rings. The number of benzene rings is 1. The minimum Gasteiger partial charge on any atom is -0.478 e. The number of hydrogen-bond donors (Lipinski definition) is 4. The lowest BCUT2D eigenvalue weighted by Crippen LogP contribution is -2.27. The van der Waals surface area contributed by atoms with Gasteiger partial charge in [0.25, 0.3) is 0 Å². The quantitative estimate of drug-likeness (QED) is 0.528. The Labute approximate surface area is 108 Å². The van der Waals surface area contributed by atoms with Crippen LogP contribution in [0, 0.1) is 0 Å². The van der Waals surface area contributed by atoms with Crippen molar-refractivity contribution in [2.75, 3.05) is 0 Å². The second-order valence-corrected chi connectivity index (χ2v) is 3.86. The van der Waals surface area contributed by atoms with Gasteiger partial charge in [-0.25, -0.2) is 19.2 Å². The molecule has 3 radical (unpaired) electrons. The first-order valence-electron chi connectivity index (χ1n) is 4.54. The number of carbonyl (C=O) groups is 4. The fourth-order valence-corrected chi connectivity index (χ4v) is 1.89. The van der Waals surface area contributed by atoms with Gasteiger partial charge in [-0.3, -0.25) is 0 Å². The monoisotopic (exact) mass is 281 g/mol. The van der Waals surface area contributed by atoms with Crippen molar-refractivity contribution in [2.24, 2.45) is 0 Å². The lowest BCUT2D eigenvalue weighted by molar-refractivity contribution is 0.0620.